The normalized spacial score (nSPS) is 18.4. The summed E-state index contributed by atoms with van der Waals surface area (Å²) in [5.41, 5.74) is 4.74. The van der Waals surface area contributed by atoms with Gasteiger partial charge in [-0.3, -0.25) is 9.59 Å². The third-order valence-corrected chi connectivity index (χ3v) is 9.24. The highest BCUT2D eigenvalue weighted by atomic mass is 32.2. The van der Waals surface area contributed by atoms with E-state index in [9.17, 15) is 9.59 Å². The van der Waals surface area contributed by atoms with Crippen LogP contribution in [0.3, 0.4) is 0 Å². The van der Waals surface area contributed by atoms with E-state index in [2.05, 4.69) is 41.0 Å². The fourth-order valence-corrected chi connectivity index (χ4v) is 6.97. The van der Waals surface area contributed by atoms with Crippen LogP contribution in [0, 0.1) is 5.92 Å². The van der Waals surface area contributed by atoms with Gasteiger partial charge >= 0.3 is 5.97 Å². The number of nitrogens with one attached hydrogen (secondary N) is 2. The van der Waals surface area contributed by atoms with E-state index < -0.39 is 0 Å². The summed E-state index contributed by atoms with van der Waals surface area (Å²) in [5, 5.41) is 6.45. The predicted octanol–water partition coefficient (Wildman–Crippen LogP) is 4.88. The van der Waals surface area contributed by atoms with Crippen LogP contribution in [-0.4, -0.2) is 58.4 Å². The number of benzene rings is 3. The second-order valence-electron chi connectivity index (χ2n) is 11.0. The minimum atomic E-state index is -0.155. The van der Waals surface area contributed by atoms with Gasteiger partial charge in [0.25, 0.3) is 0 Å². The van der Waals surface area contributed by atoms with Gasteiger partial charge in [-0.15, -0.1) is 11.8 Å². The predicted molar refractivity (Wildman–Crippen MR) is 167 cm³/mol. The van der Waals surface area contributed by atoms with Crippen molar-refractivity contribution in [3.05, 3.63) is 89.0 Å². The summed E-state index contributed by atoms with van der Waals surface area (Å²) >= 11 is 1.76. The van der Waals surface area contributed by atoms with Gasteiger partial charge in [-0.1, -0.05) is 36.4 Å². The van der Waals surface area contributed by atoms with Crippen LogP contribution < -0.4 is 20.1 Å². The summed E-state index contributed by atoms with van der Waals surface area (Å²) < 4.78 is 22.1. The molecule has 5 rings (SSSR count). The fourth-order valence-electron chi connectivity index (χ4n) is 5.69. The molecule has 2 aliphatic rings. The molecule has 0 saturated carbocycles. The number of methoxy groups -OCH3 is 2. The number of hydrogen-bond acceptors (Lipinski definition) is 8. The van der Waals surface area contributed by atoms with Crippen molar-refractivity contribution >= 4 is 23.6 Å². The highest BCUT2D eigenvalue weighted by molar-refractivity contribution is 7.99. The summed E-state index contributed by atoms with van der Waals surface area (Å²) in [6.07, 6.45) is 2.99. The number of carbonyl (C=O) groups is 2. The lowest BCUT2D eigenvalue weighted by atomic mass is 10.0. The van der Waals surface area contributed by atoms with Crippen LogP contribution >= 0.6 is 11.8 Å². The van der Waals surface area contributed by atoms with Crippen molar-refractivity contribution in [3.63, 3.8) is 0 Å². The van der Waals surface area contributed by atoms with Gasteiger partial charge in [-0.05, 0) is 65.8 Å². The number of carbonyl (C=O) groups excluding carboxylic acids is 2. The molecule has 1 saturated heterocycles. The van der Waals surface area contributed by atoms with Crippen molar-refractivity contribution in [1.29, 1.82) is 0 Å². The SMILES string of the molecule is COC(=O)CC1Cc2ccc(SC(c3ccc(OCCCOCc4ccccc4OC)cc3)[C@H]3CNCC(=O)N3)cc2C1. The zero-order valence-corrected chi connectivity index (χ0v) is 25.6. The third kappa shape index (κ3) is 8.53. The molecule has 0 aromatic heterocycles. The number of para-hydroxylation sites is 1. The molecule has 1 amide bonds. The molecule has 43 heavy (non-hydrogen) atoms. The Labute approximate surface area is 257 Å². The lowest BCUT2D eigenvalue weighted by molar-refractivity contribution is -0.141. The highest BCUT2D eigenvalue weighted by Gasteiger charge is 2.30. The Morgan fingerprint density at radius 2 is 1.81 bits per heavy atom. The monoisotopic (exact) mass is 604 g/mol. The summed E-state index contributed by atoms with van der Waals surface area (Å²) in [7, 11) is 3.11. The van der Waals surface area contributed by atoms with E-state index in [1.807, 2.05) is 36.4 Å². The number of fused-ring (bicyclic) bond motifs is 1. The smallest absolute Gasteiger partial charge is 0.305 e. The fraction of sp³-hybridized carbons (Fsp3) is 0.412. The standard InChI is InChI=1S/C34H40N2O6S/c1-39-31-7-4-3-6-26(31)22-41-14-5-15-42-28-11-8-24(9-12-28)34(30-20-35-21-32(37)36-30)43-29-13-10-25-16-23(17-27(25)19-29)18-33(38)40-2/h3-4,6-13,19,23,30,34-35H,5,14-18,20-22H2,1-2H3,(H,36,37)/t23?,30-,34?/m1/s1. The van der Waals surface area contributed by atoms with Gasteiger partial charge < -0.3 is 29.6 Å². The van der Waals surface area contributed by atoms with E-state index >= 15 is 0 Å². The molecule has 3 aromatic carbocycles. The maximum atomic E-state index is 12.3. The summed E-state index contributed by atoms with van der Waals surface area (Å²) in [6, 6.07) is 22.6. The second-order valence-corrected chi connectivity index (χ2v) is 12.2. The van der Waals surface area contributed by atoms with Crippen molar-refractivity contribution in [1.82, 2.24) is 10.6 Å². The maximum absolute atomic E-state index is 12.3. The lowest BCUT2D eigenvalue weighted by Gasteiger charge is -2.31. The van der Waals surface area contributed by atoms with Crippen LogP contribution in [-0.2, 0) is 38.5 Å². The van der Waals surface area contributed by atoms with Crippen LogP contribution in [0.15, 0.2) is 71.6 Å². The molecule has 3 atom stereocenters. The van der Waals surface area contributed by atoms with Crippen LogP contribution in [0.25, 0.3) is 0 Å². The Hall–Kier alpha value is -3.53. The zero-order valence-electron chi connectivity index (χ0n) is 24.8. The Balaban J connectivity index is 1.17. The molecule has 8 nitrogen and oxygen atoms in total. The van der Waals surface area contributed by atoms with Gasteiger partial charge in [-0.25, -0.2) is 0 Å². The average molecular weight is 605 g/mol. The number of thioether (sulfide) groups is 1. The number of amides is 1. The molecule has 9 heteroatoms. The molecule has 0 spiro atoms. The molecule has 1 aliphatic carbocycles. The molecular weight excluding hydrogens is 564 g/mol. The molecule has 228 valence electrons. The topological polar surface area (TPSA) is 95.1 Å². The Bertz CT molecular complexity index is 1380. The van der Waals surface area contributed by atoms with Gasteiger partial charge in [0, 0.05) is 29.8 Å². The summed E-state index contributed by atoms with van der Waals surface area (Å²) in [4.78, 5) is 25.2. The average Bonchev–Trinajstić information content (AvgIpc) is 3.43. The minimum Gasteiger partial charge on any atom is -0.496 e. The first-order chi connectivity index (χ1) is 21.0. The number of piperazine rings is 1. The largest absolute Gasteiger partial charge is 0.496 e. The second kappa shape index (κ2) is 15.3. The Morgan fingerprint density at radius 1 is 1.00 bits per heavy atom. The number of ether oxygens (including phenoxy) is 4. The van der Waals surface area contributed by atoms with Crippen molar-refractivity contribution < 1.29 is 28.5 Å². The van der Waals surface area contributed by atoms with Crippen molar-refractivity contribution in [2.45, 2.75) is 48.5 Å². The Morgan fingerprint density at radius 3 is 2.60 bits per heavy atom. The zero-order chi connectivity index (χ0) is 30.0. The van der Waals surface area contributed by atoms with Crippen LogP contribution in [0.4, 0.5) is 0 Å². The quantitative estimate of drug-likeness (QED) is 0.153. The molecule has 0 radical (unpaired) electrons. The first-order valence-electron chi connectivity index (χ1n) is 14.8. The van der Waals surface area contributed by atoms with Gasteiger partial charge in [0.15, 0.2) is 0 Å². The molecule has 1 heterocycles. The van der Waals surface area contributed by atoms with E-state index in [4.69, 9.17) is 18.9 Å². The maximum Gasteiger partial charge on any atom is 0.305 e. The van der Waals surface area contributed by atoms with Crippen LogP contribution in [0.2, 0.25) is 0 Å². The van der Waals surface area contributed by atoms with Gasteiger partial charge in [-0.2, -0.15) is 0 Å². The molecule has 0 bridgehead atoms. The molecule has 1 aliphatic heterocycles. The number of rotatable bonds is 14. The van der Waals surface area contributed by atoms with E-state index in [1.165, 1.54) is 18.2 Å². The summed E-state index contributed by atoms with van der Waals surface area (Å²) in [5.74, 6) is 1.77. The molecule has 2 N–H and O–H groups in total. The van der Waals surface area contributed by atoms with Crippen molar-refractivity contribution in [3.8, 4) is 11.5 Å². The van der Waals surface area contributed by atoms with Crippen molar-refractivity contribution in [2.75, 3.05) is 40.5 Å². The molecule has 3 aromatic rings. The van der Waals surface area contributed by atoms with Gasteiger partial charge in [0.2, 0.25) is 5.91 Å². The Kier molecular flexibility index (Phi) is 11.0. The molecule has 1 fully saturated rings. The third-order valence-electron chi connectivity index (χ3n) is 7.86. The molecular formula is C34H40N2O6S. The lowest BCUT2D eigenvalue weighted by Crippen LogP contribution is -2.54. The van der Waals surface area contributed by atoms with Gasteiger partial charge in [0.05, 0.1) is 51.9 Å². The van der Waals surface area contributed by atoms with Crippen molar-refractivity contribution in [2.24, 2.45) is 5.92 Å². The number of esters is 1. The first kappa shape index (κ1) is 30.9. The highest BCUT2D eigenvalue weighted by Crippen LogP contribution is 2.41. The van der Waals surface area contributed by atoms with Crippen LogP contribution in [0.5, 0.6) is 11.5 Å². The van der Waals surface area contributed by atoms with E-state index in [1.54, 1.807) is 18.9 Å². The van der Waals surface area contributed by atoms with Crippen LogP contribution in [0.1, 0.15) is 40.3 Å². The van der Waals surface area contributed by atoms with E-state index in [0.717, 1.165) is 46.8 Å². The summed E-state index contributed by atoms with van der Waals surface area (Å²) in [6.45, 7) is 2.68. The van der Waals surface area contributed by atoms with E-state index in [0.29, 0.717) is 39.3 Å². The van der Waals surface area contributed by atoms with Gasteiger partial charge in [0.1, 0.15) is 11.5 Å². The first-order valence-corrected chi connectivity index (χ1v) is 15.7. The molecule has 2 unspecified atom stereocenters. The van der Waals surface area contributed by atoms with E-state index in [-0.39, 0.29) is 29.1 Å². The number of hydrogen-bond donors (Lipinski definition) is 2. The minimum absolute atomic E-state index is 0.00864.